The number of rotatable bonds is 2. The Morgan fingerprint density at radius 2 is 1.81 bits per heavy atom. The van der Waals surface area contributed by atoms with Gasteiger partial charge in [-0.1, -0.05) is 12.1 Å². The first-order valence-corrected chi connectivity index (χ1v) is 7.09. The number of carbonyl (C=O) groups excluding carboxylic acids is 1. The molecule has 0 atom stereocenters. The number of anilines is 1. The average Bonchev–Trinajstić information content (AvgIpc) is 2.48. The normalized spacial score (nSPS) is 12.9. The van der Waals surface area contributed by atoms with Crippen LogP contribution in [0.5, 0.6) is 11.5 Å². The summed E-state index contributed by atoms with van der Waals surface area (Å²) in [4.78, 5) is 12.1. The standard InChI is InChI=1S/C15H11BrFNO3/c16-10-7-13-14(21-6-5-20-13)8-12(10)18-15(19)9-3-1-2-4-11(9)17/h1-4,7-8H,5-6H2,(H,18,19). The second kappa shape index (κ2) is 5.73. The van der Waals surface area contributed by atoms with Crippen LogP contribution in [0.4, 0.5) is 10.1 Å². The van der Waals surface area contributed by atoms with Crippen LogP contribution in [0.1, 0.15) is 10.4 Å². The van der Waals surface area contributed by atoms with Crippen molar-refractivity contribution in [1.82, 2.24) is 0 Å². The lowest BCUT2D eigenvalue weighted by Crippen LogP contribution is -2.17. The van der Waals surface area contributed by atoms with E-state index in [-0.39, 0.29) is 5.56 Å². The number of amides is 1. The Morgan fingerprint density at radius 3 is 2.52 bits per heavy atom. The van der Waals surface area contributed by atoms with E-state index in [4.69, 9.17) is 9.47 Å². The van der Waals surface area contributed by atoms with Crippen LogP contribution in [-0.4, -0.2) is 19.1 Å². The van der Waals surface area contributed by atoms with Gasteiger partial charge in [0.25, 0.3) is 5.91 Å². The van der Waals surface area contributed by atoms with Crippen molar-refractivity contribution in [3.63, 3.8) is 0 Å². The number of benzene rings is 2. The van der Waals surface area contributed by atoms with Crippen molar-refractivity contribution in [2.75, 3.05) is 18.5 Å². The molecule has 0 aromatic heterocycles. The molecule has 0 spiro atoms. The van der Waals surface area contributed by atoms with Crippen molar-refractivity contribution in [1.29, 1.82) is 0 Å². The molecular formula is C15H11BrFNO3. The highest BCUT2D eigenvalue weighted by Gasteiger charge is 2.17. The molecule has 1 heterocycles. The molecule has 6 heteroatoms. The third-order valence-electron chi connectivity index (χ3n) is 3.00. The molecule has 0 aliphatic carbocycles. The van der Waals surface area contributed by atoms with Crippen molar-refractivity contribution in [3.05, 3.63) is 52.3 Å². The van der Waals surface area contributed by atoms with E-state index in [1.54, 1.807) is 18.2 Å². The van der Waals surface area contributed by atoms with Crippen molar-refractivity contribution >= 4 is 27.5 Å². The predicted octanol–water partition coefficient (Wildman–Crippen LogP) is 3.61. The Morgan fingerprint density at radius 1 is 1.14 bits per heavy atom. The SMILES string of the molecule is O=C(Nc1cc2c(cc1Br)OCCO2)c1ccccc1F. The maximum absolute atomic E-state index is 13.6. The number of fused-ring (bicyclic) bond motifs is 1. The maximum atomic E-state index is 13.6. The van der Waals surface area contributed by atoms with E-state index in [0.717, 1.165) is 0 Å². The van der Waals surface area contributed by atoms with Gasteiger partial charge < -0.3 is 14.8 Å². The Hall–Kier alpha value is -2.08. The monoisotopic (exact) mass is 351 g/mol. The van der Waals surface area contributed by atoms with Crippen LogP contribution in [-0.2, 0) is 0 Å². The Bertz CT molecular complexity index is 705. The second-order valence-corrected chi connectivity index (χ2v) is 5.26. The summed E-state index contributed by atoms with van der Waals surface area (Å²) in [5.74, 6) is 0.0689. The fourth-order valence-electron chi connectivity index (χ4n) is 1.99. The van der Waals surface area contributed by atoms with E-state index in [2.05, 4.69) is 21.2 Å². The zero-order chi connectivity index (χ0) is 14.8. The third kappa shape index (κ3) is 2.85. The molecule has 1 aliphatic heterocycles. The van der Waals surface area contributed by atoms with Crippen LogP contribution in [0, 0.1) is 5.82 Å². The maximum Gasteiger partial charge on any atom is 0.258 e. The topological polar surface area (TPSA) is 47.6 Å². The van der Waals surface area contributed by atoms with E-state index in [0.29, 0.717) is 34.9 Å². The molecule has 0 radical (unpaired) electrons. The van der Waals surface area contributed by atoms with Crippen molar-refractivity contribution < 1.29 is 18.7 Å². The van der Waals surface area contributed by atoms with Gasteiger partial charge in [0.05, 0.1) is 11.3 Å². The van der Waals surface area contributed by atoms with Crippen LogP contribution < -0.4 is 14.8 Å². The van der Waals surface area contributed by atoms with Crippen LogP contribution in [0.25, 0.3) is 0 Å². The molecule has 1 amide bonds. The molecule has 0 unspecified atom stereocenters. The summed E-state index contributed by atoms with van der Waals surface area (Å²) in [6.45, 7) is 0.940. The summed E-state index contributed by atoms with van der Waals surface area (Å²) >= 11 is 3.35. The van der Waals surface area contributed by atoms with Gasteiger partial charge in [0.15, 0.2) is 11.5 Å². The van der Waals surface area contributed by atoms with Crippen molar-refractivity contribution in [3.8, 4) is 11.5 Å². The largest absolute Gasteiger partial charge is 0.486 e. The smallest absolute Gasteiger partial charge is 0.258 e. The summed E-state index contributed by atoms with van der Waals surface area (Å²) < 4.78 is 25.1. The van der Waals surface area contributed by atoms with Crippen molar-refractivity contribution in [2.45, 2.75) is 0 Å². The molecular weight excluding hydrogens is 341 g/mol. The van der Waals surface area contributed by atoms with Crippen LogP contribution in [0.2, 0.25) is 0 Å². The van der Waals surface area contributed by atoms with Crippen LogP contribution in [0.15, 0.2) is 40.9 Å². The summed E-state index contributed by atoms with van der Waals surface area (Å²) in [7, 11) is 0. The summed E-state index contributed by atoms with van der Waals surface area (Å²) in [6, 6.07) is 9.18. The Labute approximate surface area is 129 Å². The first-order chi connectivity index (χ1) is 10.1. The number of hydrogen-bond acceptors (Lipinski definition) is 3. The predicted molar refractivity (Wildman–Crippen MR) is 79.5 cm³/mol. The average molecular weight is 352 g/mol. The molecule has 4 nitrogen and oxygen atoms in total. The lowest BCUT2D eigenvalue weighted by Gasteiger charge is -2.20. The fourth-order valence-corrected chi connectivity index (χ4v) is 2.42. The molecule has 0 fully saturated rings. The van der Waals surface area contributed by atoms with Gasteiger partial charge in [-0.05, 0) is 28.1 Å². The van der Waals surface area contributed by atoms with Gasteiger partial charge in [-0.3, -0.25) is 4.79 Å². The van der Waals surface area contributed by atoms with Gasteiger partial charge in [0, 0.05) is 16.6 Å². The van der Waals surface area contributed by atoms with E-state index in [9.17, 15) is 9.18 Å². The molecule has 0 saturated heterocycles. The molecule has 0 bridgehead atoms. The molecule has 2 aromatic rings. The summed E-state index contributed by atoms with van der Waals surface area (Å²) in [5.41, 5.74) is 0.479. The Kier molecular flexibility index (Phi) is 3.79. The third-order valence-corrected chi connectivity index (χ3v) is 3.65. The quantitative estimate of drug-likeness (QED) is 0.898. The first kappa shape index (κ1) is 13.9. The number of nitrogens with one attached hydrogen (secondary N) is 1. The number of ether oxygens (including phenoxy) is 2. The molecule has 1 aliphatic rings. The highest BCUT2D eigenvalue weighted by Crippen LogP contribution is 2.38. The van der Waals surface area contributed by atoms with E-state index >= 15 is 0 Å². The van der Waals surface area contributed by atoms with E-state index in [1.807, 2.05) is 0 Å². The molecule has 0 saturated carbocycles. The van der Waals surface area contributed by atoms with Gasteiger partial charge in [-0.25, -0.2) is 4.39 Å². The van der Waals surface area contributed by atoms with Gasteiger partial charge in [-0.15, -0.1) is 0 Å². The van der Waals surface area contributed by atoms with Gasteiger partial charge in [-0.2, -0.15) is 0 Å². The minimum Gasteiger partial charge on any atom is -0.486 e. The summed E-state index contributed by atoms with van der Waals surface area (Å²) in [6.07, 6.45) is 0. The fraction of sp³-hybridized carbons (Fsp3) is 0.133. The first-order valence-electron chi connectivity index (χ1n) is 6.30. The molecule has 2 aromatic carbocycles. The minimum absolute atomic E-state index is 0.0145. The number of hydrogen-bond donors (Lipinski definition) is 1. The van der Waals surface area contributed by atoms with Crippen molar-refractivity contribution in [2.24, 2.45) is 0 Å². The molecule has 1 N–H and O–H groups in total. The molecule has 3 rings (SSSR count). The Balaban J connectivity index is 1.88. The van der Waals surface area contributed by atoms with Gasteiger partial charge in [0.1, 0.15) is 19.0 Å². The minimum atomic E-state index is -0.566. The molecule has 21 heavy (non-hydrogen) atoms. The molecule has 108 valence electrons. The summed E-state index contributed by atoms with van der Waals surface area (Å²) in [5, 5.41) is 2.66. The zero-order valence-electron chi connectivity index (χ0n) is 10.9. The zero-order valence-corrected chi connectivity index (χ0v) is 12.4. The van der Waals surface area contributed by atoms with Crippen LogP contribution >= 0.6 is 15.9 Å². The highest BCUT2D eigenvalue weighted by molar-refractivity contribution is 9.10. The highest BCUT2D eigenvalue weighted by atomic mass is 79.9. The van der Waals surface area contributed by atoms with Gasteiger partial charge >= 0.3 is 0 Å². The van der Waals surface area contributed by atoms with E-state index < -0.39 is 11.7 Å². The van der Waals surface area contributed by atoms with E-state index in [1.165, 1.54) is 18.2 Å². The van der Waals surface area contributed by atoms with Crippen LogP contribution in [0.3, 0.4) is 0 Å². The lowest BCUT2D eigenvalue weighted by molar-refractivity contribution is 0.102. The number of carbonyl (C=O) groups is 1. The van der Waals surface area contributed by atoms with Gasteiger partial charge in [0.2, 0.25) is 0 Å². The lowest BCUT2D eigenvalue weighted by atomic mass is 10.2. The number of halogens is 2. The second-order valence-electron chi connectivity index (χ2n) is 4.41.